The molecule has 180 valence electrons. The summed E-state index contributed by atoms with van der Waals surface area (Å²) in [5, 5.41) is 13.7. The minimum atomic E-state index is -0.588. The zero-order valence-corrected chi connectivity index (χ0v) is 19.6. The smallest absolute Gasteiger partial charge is 0.269 e. The number of non-ortho nitro benzene ring substituents is 1. The van der Waals surface area contributed by atoms with E-state index in [1.165, 1.54) is 24.3 Å². The minimum Gasteiger partial charge on any atom is -0.480 e. The van der Waals surface area contributed by atoms with Crippen LogP contribution in [-0.4, -0.2) is 27.7 Å². The number of rotatable bonds is 7. The summed E-state index contributed by atoms with van der Waals surface area (Å²) in [7, 11) is 0. The summed E-state index contributed by atoms with van der Waals surface area (Å²) in [6.45, 7) is 4.33. The van der Waals surface area contributed by atoms with Crippen molar-refractivity contribution in [2.75, 3.05) is 5.32 Å². The summed E-state index contributed by atoms with van der Waals surface area (Å²) in [6.07, 6.45) is 0.700. The predicted molar refractivity (Wildman–Crippen MR) is 132 cm³/mol. The predicted octanol–water partition coefficient (Wildman–Crippen LogP) is 5.50. The van der Waals surface area contributed by atoms with E-state index in [1.54, 1.807) is 12.1 Å². The molecule has 8 heteroatoms. The average molecular weight is 474 g/mol. The molecule has 4 rings (SSSR count). The van der Waals surface area contributed by atoms with Crippen LogP contribution in [0.4, 0.5) is 11.4 Å². The summed E-state index contributed by atoms with van der Waals surface area (Å²) in [6, 6.07) is 20.6. The Labute approximate surface area is 203 Å². The van der Waals surface area contributed by atoms with Gasteiger partial charge in [0.25, 0.3) is 17.5 Å². The second-order valence-corrected chi connectivity index (χ2v) is 8.40. The van der Waals surface area contributed by atoms with Crippen LogP contribution in [0.15, 0.2) is 72.8 Å². The molecule has 1 heterocycles. The fourth-order valence-electron chi connectivity index (χ4n) is 4.32. The molecule has 3 aromatic carbocycles. The molecule has 0 saturated carbocycles. The van der Waals surface area contributed by atoms with Crippen LogP contribution in [-0.2, 0) is 11.3 Å². The lowest BCUT2D eigenvalue weighted by Crippen LogP contribution is -2.41. The minimum absolute atomic E-state index is 0.0594. The third-order valence-corrected chi connectivity index (χ3v) is 6.15. The zero-order chi connectivity index (χ0) is 24.9. The van der Waals surface area contributed by atoms with Gasteiger partial charge in [-0.05, 0) is 48.7 Å². The summed E-state index contributed by atoms with van der Waals surface area (Å²) >= 11 is 0. The van der Waals surface area contributed by atoms with Gasteiger partial charge < -0.3 is 15.0 Å². The molecule has 0 saturated heterocycles. The molecule has 35 heavy (non-hydrogen) atoms. The molecule has 0 bridgehead atoms. The average Bonchev–Trinajstić information content (AvgIpc) is 3.01. The first-order chi connectivity index (χ1) is 16.9. The molecule has 2 amide bonds. The van der Waals surface area contributed by atoms with Crippen LogP contribution in [0.3, 0.4) is 0 Å². The van der Waals surface area contributed by atoms with E-state index in [9.17, 15) is 19.7 Å². The van der Waals surface area contributed by atoms with Crippen molar-refractivity contribution in [3.05, 3.63) is 99.6 Å². The van der Waals surface area contributed by atoms with Gasteiger partial charge in [0.15, 0.2) is 6.10 Å². The van der Waals surface area contributed by atoms with Gasteiger partial charge in [-0.2, -0.15) is 0 Å². The van der Waals surface area contributed by atoms with E-state index in [0.29, 0.717) is 30.0 Å². The molecule has 1 aliphatic rings. The highest BCUT2D eigenvalue weighted by molar-refractivity contribution is 6.04. The van der Waals surface area contributed by atoms with E-state index in [1.807, 2.05) is 48.2 Å². The molecule has 0 radical (unpaired) electrons. The number of ether oxygens (including phenoxy) is 1. The molecule has 2 atom stereocenters. The maximum absolute atomic E-state index is 13.4. The van der Waals surface area contributed by atoms with Gasteiger partial charge >= 0.3 is 0 Å². The van der Waals surface area contributed by atoms with Crippen molar-refractivity contribution in [1.29, 1.82) is 0 Å². The van der Waals surface area contributed by atoms with E-state index >= 15 is 0 Å². The van der Waals surface area contributed by atoms with Crippen LogP contribution < -0.4 is 10.1 Å². The molecule has 1 N–H and O–H groups in total. The van der Waals surface area contributed by atoms with Crippen LogP contribution in [0.2, 0.25) is 0 Å². The number of hydrogen-bond donors (Lipinski definition) is 1. The van der Waals surface area contributed by atoms with Gasteiger partial charge in [-0.1, -0.05) is 44.2 Å². The Morgan fingerprint density at radius 1 is 1.11 bits per heavy atom. The van der Waals surface area contributed by atoms with Gasteiger partial charge in [0.2, 0.25) is 0 Å². The normalized spacial score (nSPS) is 16.0. The van der Waals surface area contributed by atoms with E-state index < -0.39 is 11.0 Å². The number of amides is 2. The molecule has 0 aliphatic carbocycles. The molecule has 0 unspecified atom stereocenters. The van der Waals surface area contributed by atoms with Crippen molar-refractivity contribution in [3.63, 3.8) is 0 Å². The molecular formula is C27H27N3O5. The number of carbonyl (C=O) groups excluding carboxylic acids is 2. The van der Waals surface area contributed by atoms with Crippen LogP contribution in [0.5, 0.6) is 5.75 Å². The lowest BCUT2D eigenvalue weighted by atomic mass is 10.0. The number of hydrogen-bond acceptors (Lipinski definition) is 5. The first-order valence-corrected chi connectivity index (χ1v) is 11.6. The van der Waals surface area contributed by atoms with Gasteiger partial charge in [0.05, 0.1) is 17.5 Å². The summed E-state index contributed by atoms with van der Waals surface area (Å²) < 4.78 is 6.09. The number of benzene rings is 3. The van der Waals surface area contributed by atoms with Crippen molar-refractivity contribution in [2.24, 2.45) is 0 Å². The molecular weight excluding hydrogens is 446 g/mol. The van der Waals surface area contributed by atoms with Crippen molar-refractivity contribution in [3.8, 4) is 5.75 Å². The first-order valence-electron chi connectivity index (χ1n) is 11.6. The fraction of sp³-hybridized carbons (Fsp3) is 0.259. The van der Waals surface area contributed by atoms with Gasteiger partial charge in [0.1, 0.15) is 5.75 Å². The molecule has 8 nitrogen and oxygen atoms in total. The van der Waals surface area contributed by atoms with Crippen molar-refractivity contribution < 1.29 is 19.2 Å². The number of anilines is 1. The second kappa shape index (κ2) is 10.4. The Bertz CT molecular complexity index is 1230. The number of fused-ring (bicyclic) bond motifs is 1. The van der Waals surface area contributed by atoms with Crippen LogP contribution in [0, 0.1) is 10.1 Å². The summed E-state index contributed by atoms with van der Waals surface area (Å²) in [5.74, 6) is 0.171. The van der Waals surface area contributed by atoms with Gasteiger partial charge in [-0.15, -0.1) is 0 Å². The van der Waals surface area contributed by atoms with Crippen molar-refractivity contribution in [1.82, 2.24) is 4.90 Å². The fourth-order valence-corrected chi connectivity index (χ4v) is 4.32. The first kappa shape index (κ1) is 23.9. The SMILES string of the molecule is CC[C@H](c1ccccc1)N1Cc2cc(NC(=O)c3ccc([N+](=O)[O-])cc3)ccc2O[C@H](CC)C1=O. The number of nitro groups is 1. The summed E-state index contributed by atoms with van der Waals surface area (Å²) in [5.41, 5.74) is 2.63. The topological polar surface area (TPSA) is 102 Å². The number of nitro benzene ring substituents is 1. The standard InChI is InChI=1S/C27H27N3O5/c1-3-23(18-8-6-5-7-9-18)29-17-20-16-21(12-15-25(20)35-24(4-2)27(29)32)28-26(31)19-10-13-22(14-11-19)30(33)34/h5-16,23-24H,3-4,17H2,1-2H3,(H,28,31)/t23-,24-/m1/s1. The highest BCUT2D eigenvalue weighted by atomic mass is 16.6. The van der Waals surface area contributed by atoms with Crippen LogP contribution in [0.1, 0.15) is 54.2 Å². The molecule has 0 fully saturated rings. The lowest BCUT2D eigenvalue weighted by Gasteiger charge is -2.32. The van der Waals surface area contributed by atoms with E-state index in [2.05, 4.69) is 12.2 Å². The molecule has 0 aromatic heterocycles. The maximum atomic E-state index is 13.4. The number of carbonyl (C=O) groups is 2. The largest absolute Gasteiger partial charge is 0.480 e. The van der Waals surface area contributed by atoms with Gasteiger partial charge in [-0.3, -0.25) is 19.7 Å². The monoisotopic (exact) mass is 473 g/mol. The Morgan fingerprint density at radius 2 is 1.83 bits per heavy atom. The Kier molecular flexibility index (Phi) is 7.10. The van der Waals surface area contributed by atoms with Gasteiger partial charge in [0, 0.05) is 28.9 Å². The van der Waals surface area contributed by atoms with E-state index in [0.717, 1.165) is 17.5 Å². The molecule has 3 aromatic rings. The lowest BCUT2D eigenvalue weighted by molar-refractivity contribution is -0.384. The third kappa shape index (κ3) is 5.16. The van der Waals surface area contributed by atoms with Crippen LogP contribution >= 0.6 is 0 Å². The molecule has 0 spiro atoms. The summed E-state index contributed by atoms with van der Waals surface area (Å²) in [4.78, 5) is 38.3. The van der Waals surface area contributed by atoms with E-state index in [-0.39, 0.29) is 23.5 Å². The maximum Gasteiger partial charge on any atom is 0.269 e. The number of nitrogens with one attached hydrogen (secondary N) is 1. The number of nitrogens with zero attached hydrogens (tertiary/aromatic N) is 2. The van der Waals surface area contributed by atoms with E-state index in [4.69, 9.17) is 4.74 Å². The van der Waals surface area contributed by atoms with Crippen molar-refractivity contribution in [2.45, 2.75) is 45.4 Å². The molecule has 1 aliphatic heterocycles. The zero-order valence-electron chi connectivity index (χ0n) is 19.6. The highest BCUT2D eigenvalue weighted by Crippen LogP contribution is 2.35. The van der Waals surface area contributed by atoms with Gasteiger partial charge in [-0.25, -0.2) is 0 Å². The quantitative estimate of drug-likeness (QED) is 0.361. The van der Waals surface area contributed by atoms with Crippen molar-refractivity contribution >= 4 is 23.2 Å². The van der Waals surface area contributed by atoms with Crippen LogP contribution in [0.25, 0.3) is 0 Å². The Balaban J connectivity index is 1.61. The Morgan fingerprint density at radius 3 is 2.46 bits per heavy atom. The second-order valence-electron chi connectivity index (χ2n) is 8.40. The highest BCUT2D eigenvalue weighted by Gasteiger charge is 2.34. The third-order valence-electron chi connectivity index (χ3n) is 6.15. The Hall–Kier alpha value is -4.20.